The van der Waals surface area contributed by atoms with Crippen LogP contribution in [0.1, 0.15) is 16.2 Å². The van der Waals surface area contributed by atoms with Crippen molar-refractivity contribution < 1.29 is 9.90 Å². The summed E-state index contributed by atoms with van der Waals surface area (Å²) >= 11 is 3.01. The maximum absolute atomic E-state index is 10.5. The van der Waals surface area contributed by atoms with Gasteiger partial charge in [0.05, 0.1) is 4.47 Å². The lowest BCUT2D eigenvalue weighted by atomic mass is 10.3. The van der Waals surface area contributed by atoms with Crippen LogP contribution in [0.3, 0.4) is 0 Å². The summed E-state index contributed by atoms with van der Waals surface area (Å²) in [6.45, 7) is 0. The minimum Gasteiger partial charge on any atom is -0.476 e. The van der Waals surface area contributed by atoms with Crippen LogP contribution in [-0.4, -0.2) is 16.1 Å². The normalized spacial score (nSPS) is 9.00. The monoisotopic (exact) mass is 226 g/mol. The number of nitrogens with zero attached hydrogens (tertiary/aromatic N) is 2. The Kier molecular flexibility index (Phi) is 2.41. The van der Waals surface area contributed by atoms with E-state index >= 15 is 0 Å². The van der Waals surface area contributed by atoms with E-state index in [2.05, 4.69) is 20.9 Å². The number of carboxylic acids is 1. The average Bonchev–Trinajstić information content (AvgIpc) is 2.05. The smallest absolute Gasteiger partial charge is 0.355 e. The van der Waals surface area contributed by atoms with E-state index in [4.69, 9.17) is 10.4 Å². The van der Waals surface area contributed by atoms with Gasteiger partial charge < -0.3 is 5.11 Å². The Balaban J connectivity index is 3.28. The van der Waals surface area contributed by atoms with Gasteiger partial charge in [0.1, 0.15) is 11.8 Å². The first-order valence-corrected chi connectivity index (χ1v) is 3.74. The Hall–Kier alpha value is -1.41. The van der Waals surface area contributed by atoms with Crippen LogP contribution < -0.4 is 0 Å². The highest BCUT2D eigenvalue weighted by molar-refractivity contribution is 9.10. The lowest BCUT2D eigenvalue weighted by molar-refractivity contribution is 0.0689. The summed E-state index contributed by atoms with van der Waals surface area (Å²) in [5, 5.41) is 17.0. The predicted molar refractivity (Wildman–Crippen MR) is 43.6 cm³/mol. The van der Waals surface area contributed by atoms with E-state index in [9.17, 15) is 4.79 Å². The van der Waals surface area contributed by atoms with Crippen LogP contribution in [0.2, 0.25) is 0 Å². The first-order chi connectivity index (χ1) is 5.65. The van der Waals surface area contributed by atoms with Crippen molar-refractivity contribution in [2.45, 2.75) is 0 Å². The van der Waals surface area contributed by atoms with Crippen molar-refractivity contribution in [2.24, 2.45) is 0 Å². The summed E-state index contributed by atoms with van der Waals surface area (Å²) in [7, 11) is 0. The minimum atomic E-state index is -1.15. The van der Waals surface area contributed by atoms with Gasteiger partial charge in [0.2, 0.25) is 0 Å². The Labute approximate surface area is 76.6 Å². The molecule has 5 heteroatoms. The molecular weight excluding hydrogens is 224 g/mol. The van der Waals surface area contributed by atoms with Crippen molar-refractivity contribution >= 4 is 21.9 Å². The number of rotatable bonds is 1. The molecular formula is C7H3BrN2O2. The highest BCUT2D eigenvalue weighted by Crippen LogP contribution is 2.14. The van der Waals surface area contributed by atoms with Crippen LogP contribution in [0.4, 0.5) is 0 Å². The standard InChI is InChI=1S/C7H3BrN2O2/c8-5-2-1-4(3-9)10-6(5)7(11)12/h1-2H,(H,11,12). The van der Waals surface area contributed by atoms with Gasteiger partial charge >= 0.3 is 5.97 Å². The van der Waals surface area contributed by atoms with Crippen molar-refractivity contribution in [1.82, 2.24) is 4.98 Å². The second-order valence-corrected chi connectivity index (χ2v) is 2.80. The molecule has 0 unspecified atom stereocenters. The summed E-state index contributed by atoms with van der Waals surface area (Å²) < 4.78 is 0.369. The lowest BCUT2D eigenvalue weighted by Gasteiger charge is -1.96. The Morgan fingerprint density at radius 2 is 2.33 bits per heavy atom. The van der Waals surface area contributed by atoms with Gasteiger partial charge in [0, 0.05) is 0 Å². The molecule has 0 amide bonds. The van der Waals surface area contributed by atoms with E-state index in [-0.39, 0.29) is 11.4 Å². The molecule has 0 fully saturated rings. The maximum atomic E-state index is 10.5. The highest BCUT2D eigenvalue weighted by Gasteiger charge is 2.10. The number of halogens is 1. The van der Waals surface area contributed by atoms with Crippen molar-refractivity contribution in [3.63, 3.8) is 0 Å². The van der Waals surface area contributed by atoms with Gasteiger partial charge in [-0.3, -0.25) is 0 Å². The van der Waals surface area contributed by atoms with Gasteiger partial charge in [-0.25, -0.2) is 9.78 Å². The van der Waals surface area contributed by atoms with E-state index in [1.165, 1.54) is 12.1 Å². The fourth-order valence-corrected chi connectivity index (χ4v) is 1.04. The van der Waals surface area contributed by atoms with Gasteiger partial charge in [0.15, 0.2) is 5.69 Å². The molecule has 60 valence electrons. The number of aromatic carboxylic acids is 1. The highest BCUT2D eigenvalue weighted by atomic mass is 79.9. The molecule has 0 bridgehead atoms. The van der Waals surface area contributed by atoms with Gasteiger partial charge in [-0.05, 0) is 28.1 Å². The molecule has 0 aromatic carbocycles. The topological polar surface area (TPSA) is 74.0 Å². The molecule has 0 atom stereocenters. The number of hydrogen-bond donors (Lipinski definition) is 1. The third-order valence-electron chi connectivity index (χ3n) is 1.16. The summed E-state index contributed by atoms with van der Waals surface area (Å²) in [6, 6.07) is 4.68. The van der Waals surface area contributed by atoms with Crippen molar-refractivity contribution in [1.29, 1.82) is 5.26 Å². The SMILES string of the molecule is N#Cc1ccc(Br)c(C(=O)O)n1. The van der Waals surface area contributed by atoms with Crippen LogP contribution in [0, 0.1) is 11.3 Å². The average molecular weight is 227 g/mol. The molecule has 1 aromatic rings. The summed E-state index contributed by atoms with van der Waals surface area (Å²) in [5.74, 6) is -1.15. The van der Waals surface area contributed by atoms with Crippen molar-refractivity contribution in [3.05, 3.63) is 28.0 Å². The van der Waals surface area contributed by atoms with Gasteiger partial charge in [-0.15, -0.1) is 0 Å². The molecule has 0 radical (unpaired) electrons. The van der Waals surface area contributed by atoms with E-state index < -0.39 is 5.97 Å². The number of aromatic nitrogens is 1. The number of hydrogen-bond acceptors (Lipinski definition) is 3. The van der Waals surface area contributed by atoms with Crippen LogP contribution in [-0.2, 0) is 0 Å². The molecule has 4 nitrogen and oxygen atoms in total. The zero-order valence-electron chi connectivity index (χ0n) is 5.78. The number of carboxylic acid groups (broad SMARTS) is 1. The molecule has 0 aliphatic carbocycles. The quantitative estimate of drug-likeness (QED) is 0.786. The van der Waals surface area contributed by atoms with Crippen LogP contribution in [0.15, 0.2) is 16.6 Å². The molecule has 0 aliphatic rings. The number of pyridine rings is 1. The maximum Gasteiger partial charge on any atom is 0.355 e. The summed E-state index contributed by atoms with van der Waals surface area (Å²) in [4.78, 5) is 14.1. The zero-order valence-corrected chi connectivity index (χ0v) is 7.37. The zero-order chi connectivity index (χ0) is 9.14. The van der Waals surface area contributed by atoms with E-state index in [0.29, 0.717) is 4.47 Å². The van der Waals surface area contributed by atoms with Gasteiger partial charge in [-0.1, -0.05) is 0 Å². The molecule has 12 heavy (non-hydrogen) atoms. The lowest BCUT2D eigenvalue weighted by Crippen LogP contribution is -2.02. The molecule has 0 saturated carbocycles. The van der Waals surface area contributed by atoms with Crippen molar-refractivity contribution in [2.75, 3.05) is 0 Å². The fraction of sp³-hybridized carbons (Fsp3) is 0. The third-order valence-corrected chi connectivity index (χ3v) is 1.80. The van der Waals surface area contributed by atoms with E-state index in [1.54, 1.807) is 6.07 Å². The molecule has 0 aliphatic heterocycles. The second kappa shape index (κ2) is 3.32. The molecule has 1 N–H and O–H groups in total. The van der Waals surface area contributed by atoms with E-state index in [1.807, 2.05) is 0 Å². The van der Waals surface area contributed by atoms with Gasteiger partial charge in [0.25, 0.3) is 0 Å². The second-order valence-electron chi connectivity index (χ2n) is 1.94. The Morgan fingerprint density at radius 1 is 1.67 bits per heavy atom. The Morgan fingerprint density at radius 3 is 2.83 bits per heavy atom. The largest absolute Gasteiger partial charge is 0.476 e. The fourth-order valence-electron chi connectivity index (χ4n) is 0.654. The molecule has 0 saturated heterocycles. The van der Waals surface area contributed by atoms with Crippen molar-refractivity contribution in [3.8, 4) is 6.07 Å². The number of carbonyl (C=O) groups is 1. The van der Waals surface area contributed by atoms with Crippen LogP contribution >= 0.6 is 15.9 Å². The first kappa shape index (κ1) is 8.68. The number of nitriles is 1. The molecule has 1 rings (SSSR count). The van der Waals surface area contributed by atoms with Gasteiger partial charge in [-0.2, -0.15) is 5.26 Å². The van der Waals surface area contributed by atoms with E-state index in [0.717, 1.165) is 0 Å². The predicted octanol–water partition coefficient (Wildman–Crippen LogP) is 1.41. The summed E-state index contributed by atoms with van der Waals surface area (Å²) in [6.07, 6.45) is 0. The van der Waals surface area contributed by atoms with Crippen LogP contribution in [0.25, 0.3) is 0 Å². The Bertz CT molecular complexity index is 370. The minimum absolute atomic E-state index is 0.0931. The first-order valence-electron chi connectivity index (χ1n) is 2.95. The molecule has 1 aromatic heterocycles. The third kappa shape index (κ3) is 1.60. The summed E-state index contributed by atoms with van der Waals surface area (Å²) in [5.41, 5.74) is -0.0512. The van der Waals surface area contributed by atoms with Crippen LogP contribution in [0.5, 0.6) is 0 Å². The molecule has 1 heterocycles. The molecule has 0 spiro atoms.